The number of ketones is 1. The van der Waals surface area contributed by atoms with E-state index in [1.807, 2.05) is 6.92 Å². The minimum Gasteiger partial charge on any atom is -0.452 e. The predicted molar refractivity (Wildman–Crippen MR) is 135 cm³/mol. The molecule has 11 unspecified atom stereocenters. The number of rotatable bonds is 4. The molecule has 5 rings (SSSR count). The SMILES string of the molecule is CC1(C)OC(=O)C=C1CC(O)C(C)(O)C1CCC2(O)C3=CC(=O)C4CC(O)C(O)CC4(C)C3C(O)CC12C. The molecule has 3 fully saturated rings. The lowest BCUT2D eigenvalue weighted by Gasteiger charge is -2.62. The van der Waals surface area contributed by atoms with Crippen molar-refractivity contribution >= 4 is 11.8 Å². The summed E-state index contributed by atoms with van der Waals surface area (Å²) in [6.45, 7) is 8.62. The zero-order valence-corrected chi connectivity index (χ0v) is 22.8. The molecule has 1 heterocycles. The van der Waals surface area contributed by atoms with Crippen molar-refractivity contribution in [1.82, 2.24) is 0 Å². The molecular weight excluding hydrogens is 492 g/mol. The fourth-order valence-corrected chi connectivity index (χ4v) is 9.04. The third kappa shape index (κ3) is 3.65. The van der Waals surface area contributed by atoms with Crippen LogP contribution in [0.5, 0.6) is 0 Å². The molecule has 0 radical (unpaired) electrons. The van der Waals surface area contributed by atoms with Crippen molar-refractivity contribution < 1.29 is 45.0 Å². The maximum Gasteiger partial charge on any atom is 0.331 e. The highest BCUT2D eigenvalue weighted by Gasteiger charge is 2.71. The van der Waals surface area contributed by atoms with Gasteiger partial charge in [0.25, 0.3) is 0 Å². The van der Waals surface area contributed by atoms with Crippen LogP contribution in [0.1, 0.15) is 73.1 Å². The summed E-state index contributed by atoms with van der Waals surface area (Å²) in [6, 6.07) is 0. The quantitative estimate of drug-likeness (QED) is 0.288. The Morgan fingerprint density at radius 3 is 2.32 bits per heavy atom. The van der Waals surface area contributed by atoms with E-state index in [2.05, 4.69) is 0 Å². The van der Waals surface area contributed by atoms with Crippen LogP contribution in [0.4, 0.5) is 0 Å². The van der Waals surface area contributed by atoms with Gasteiger partial charge in [-0.05, 0) is 81.4 Å². The van der Waals surface area contributed by atoms with Crippen LogP contribution in [-0.2, 0) is 14.3 Å². The van der Waals surface area contributed by atoms with E-state index in [1.54, 1.807) is 20.8 Å². The normalized spacial score (nSPS) is 48.2. The Balaban J connectivity index is 1.49. The predicted octanol–water partition coefficient (Wildman–Crippen LogP) is 0.926. The molecule has 0 aromatic heterocycles. The molecule has 5 aliphatic rings. The Kier molecular flexibility index (Phi) is 6.20. The van der Waals surface area contributed by atoms with Gasteiger partial charge in [-0.15, -0.1) is 0 Å². The fourth-order valence-electron chi connectivity index (χ4n) is 9.04. The van der Waals surface area contributed by atoms with E-state index in [0.717, 1.165) is 0 Å². The Hall–Kier alpha value is -1.62. The summed E-state index contributed by atoms with van der Waals surface area (Å²) in [5, 5.41) is 67.8. The summed E-state index contributed by atoms with van der Waals surface area (Å²) in [5.41, 5.74) is -5.02. The summed E-state index contributed by atoms with van der Waals surface area (Å²) in [7, 11) is 0. The molecule has 4 aliphatic carbocycles. The Bertz CT molecular complexity index is 1110. The number of esters is 1. The van der Waals surface area contributed by atoms with Crippen LogP contribution in [0.2, 0.25) is 0 Å². The van der Waals surface area contributed by atoms with Crippen molar-refractivity contribution in [3.63, 3.8) is 0 Å². The van der Waals surface area contributed by atoms with Crippen molar-refractivity contribution in [2.45, 2.75) is 114 Å². The first-order chi connectivity index (χ1) is 17.4. The molecule has 0 aromatic carbocycles. The van der Waals surface area contributed by atoms with E-state index in [-0.39, 0.29) is 37.9 Å². The second-order valence-electron chi connectivity index (χ2n) is 13.8. The van der Waals surface area contributed by atoms with Crippen LogP contribution in [0.3, 0.4) is 0 Å². The molecule has 9 heteroatoms. The molecule has 0 saturated heterocycles. The molecular formula is C29H42O9. The number of aliphatic hydroxyl groups excluding tert-OH is 4. The molecule has 0 aromatic rings. The number of carbonyl (C=O) groups excluding carboxylic acids is 2. The average Bonchev–Trinajstić information content (AvgIpc) is 3.20. The van der Waals surface area contributed by atoms with Gasteiger partial charge in [-0.1, -0.05) is 13.8 Å². The smallest absolute Gasteiger partial charge is 0.331 e. The van der Waals surface area contributed by atoms with Crippen molar-refractivity contribution in [3.8, 4) is 0 Å². The van der Waals surface area contributed by atoms with Crippen LogP contribution >= 0.6 is 0 Å². The third-order valence-electron chi connectivity index (χ3n) is 11.3. The molecule has 3 saturated carbocycles. The molecule has 0 spiro atoms. The van der Waals surface area contributed by atoms with E-state index in [1.165, 1.54) is 19.1 Å². The molecule has 0 bridgehead atoms. The maximum atomic E-state index is 13.4. The number of ether oxygens (including phenoxy) is 1. The second-order valence-corrected chi connectivity index (χ2v) is 13.8. The van der Waals surface area contributed by atoms with E-state index in [9.17, 15) is 40.2 Å². The molecule has 11 atom stereocenters. The van der Waals surface area contributed by atoms with Gasteiger partial charge in [-0.25, -0.2) is 4.79 Å². The summed E-state index contributed by atoms with van der Waals surface area (Å²) in [4.78, 5) is 25.2. The number of allylic oxidation sites excluding steroid dienone is 1. The van der Waals surface area contributed by atoms with Gasteiger partial charge in [0, 0.05) is 29.7 Å². The molecule has 1 aliphatic heterocycles. The van der Waals surface area contributed by atoms with Gasteiger partial charge in [-0.2, -0.15) is 0 Å². The first kappa shape index (κ1) is 27.9. The van der Waals surface area contributed by atoms with E-state index >= 15 is 0 Å². The first-order valence-corrected chi connectivity index (χ1v) is 13.8. The monoisotopic (exact) mass is 534 g/mol. The second kappa shape index (κ2) is 8.44. The van der Waals surface area contributed by atoms with Crippen molar-refractivity contribution in [3.05, 3.63) is 23.3 Å². The molecule has 38 heavy (non-hydrogen) atoms. The molecule has 212 valence electrons. The lowest BCUT2D eigenvalue weighted by Crippen LogP contribution is -2.66. The summed E-state index contributed by atoms with van der Waals surface area (Å²) in [6.07, 6.45) is -0.578. The third-order valence-corrected chi connectivity index (χ3v) is 11.3. The van der Waals surface area contributed by atoms with Gasteiger partial charge in [0.2, 0.25) is 0 Å². The van der Waals surface area contributed by atoms with Gasteiger partial charge in [0.1, 0.15) is 5.60 Å². The zero-order chi connectivity index (χ0) is 28.2. The van der Waals surface area contributed by atoms with Gasteiger partial charge in [0.05, 0.1) is 35.6 Å². The lowest BCUT2D eigenvalue weighted by molar-refractivity contribution is -0.196. The van der Waals surface area contributed by atoms with Crippen LogP contribution in [0.25, 0.3) is 0 Å². The highest BCUT2D eigenvalue weighted by Crippen LogP contribution is 2.68. The van der Waals surface area contributed by atoms with Gasteiger partial charge < -0.3 is 35.4 Å². The number of hydrogen-bond donors (Lipinski definition) is 6. The highest BCUT2D eigenvalue weighted by atomic mass is 16.6. The largest absolute Gasteiger partial charge is 0.452 e. The fraction of sp³-hybridized carbons (Fsp3) is 0.793. The lowest BCUT2D eigenvalue weighted by atomic mass is 9.44. The summed E-state index contributed by atoms with van der Waals surface area (Å²) >= 11 is 0. The number of fused-ring (bicyclic) bond motifs is 5. The molecule has 9 nitrogen and oxygen atoms in total. The first-order valence-electron chi connectivity index (χ1n) is 13.8. The standard InChI is InChI=1S/C29H42O9/c1-25(2)14(9-23(35)38-25)8-22(34)28(5,36)21-6-7-29(37)16-11-17(30)15-10-18(31)19(32)12-26(15,3)24(16)20(33)13-27(21,29)4/h9,11,15,18-22,24,31-34,36-37H,6-8,10,12-13H2,1-5H3. The Morgan fingerprint density at radius 1 is 1.05 bits per heavy atom. The topological polar surface area (TPSA) is 165 Å². The Morgan fingerprint density at radius 2 is 1.71 bits per heavy atom. The highest BCUT2D eigenvalue weighted by molar-refractivity contribution is 5.95. The number of cyclic esters (lactones) is 1. The van der Waals surface area contributed by atoms with Gasteiger partial charge in [-0.3, -0.25) is 4.79 Å². The van der Waals surface area contributed by atoms with Crippen molar-refractivity contribution in [2.24, 2.45) is 28.6 Å². The number of hydrogen-bond acceptors (Lipinski definition) is 9. The van der Waals surface area contributed by atoms with E-state index in [0.29, 0.717) is 17.6 Å². The minimum atomic E-state index is -1.69. The molecule has 0 amide bonds. The van der Waals surface area contributed by atoms with E-state index in [4.69, 9.17) is 4.74 Å². The summed E-state index contributed by atoms with van der Waals surface area (Å²) < 4.78 is 5.30. The van der Waals surface area contributed by atoms with Gasteiger partial charge in [0.15, 0.2) is 5.78 Å². The van der Waals surface area contributed by atoms with Crippen LogP contribution < -0.4 is 0 Å². The minimum absolute atomic E-state index is 0.00305. The van der Waals surface area contributed by atoms with Crippen molar-refractivity contribution in [2.75, 3.05) is 0 Å². The van der Waals surface area contributed by atoms with E-state index < -0.39 is 75.8 Å². The molecule has 6 N–H and O–H groups in total. The zero-order valence-electron chi connectivity index (χ0n) is 22.8. The van der Waals surface area contributed by atoms with Crippen LogP contribution in [-0.4, -0.2) is 83.6 Å². The number of aliphatic hydroxyl groups is 6. The van der Waals surface area contributed by atoms with Crippen LogP contribution in [0, 0.1) is 28.6 Å². The van der Waals surface area contributed by atoms with Crippen LogP contribution in [0.15, 0.2) is 23.3 Å². The maximum absolute atomic E-state index is 13.4. The number of carbonyl (C=O) groups is 2. The Labute approximate surface area is 223 Å². The average molecular weight is 535 g/mol. The summed E-state index contributed by atoms with van der Waals surface area (Å²) in [5.74, 6) is -2.53. The van der Waals surface area contributed by atoms with Crippen molar-refractivity contribution in [1.29, 1.82) is 0 Å². The van der Waals surface area contributed by atoms with Gasteiger partial charge >= 0.3 is 5.97 Å².